The Balaban J connectivity index is 1.71. The lowest BCUT2D eigenvalue weighted by Crippen LogP contribution is -2.11. The Morgan fingerprint density at radius 3 is 2.44 bits per heavy atom. The number of benzene rings is 3. The van der Waals surface area contributed by atoms with Crippen molar-refractivity contribution in [2.75, 3.05) is 0 Å². The maximum Gasteiger partial charge on any atom is 0.129 e. The third-order valence-electron chi connectivity index (χ3n) is 4.63. The minimum Gasteiger partial charge on any atom is -0.388 e. The van der Waals surface area contributed by atoms with Gasteiger partial charge < -0.3 is 9.67 Å². The van der Waals surface area contributed by atoms with Crippen LogP contribution in [0.1, 0.15) is 23.1 Å². The quantitative estimate of drug-likeness (QED) is 0.519. The fourth-order valence-electron chi connectivity index (χ4n) is 3.26. The van der Waals surface area contributed by atoms with Crippen LogP contribution in [0, 0.1) is 5.82 Å². The summed E-state index contributed by atoms with van der Waals surface area (Å²) in [4.78, 5) is 4.68. The molecule has 0 bridgehead atoms. The molecule has 0 aliphatic carbocycles. The van der Waals surface area contributed by atoms with Gasteiger partial charge in [-0.25, -0.2) is 9.37 Å². The van der Waals surface area contributed by atoms with E-state index in [-0.39, 0.29) is 12.0 Å². The van der Waals surface area contributed by atoms with Gasteiger partial charge in [-0.05, 0) is 35.9 Å². The maximum atomic E-state index is 14.0. The summed E-state index contributed by atoms with van der Waals surface area (Å²) in [5.41, 5.74) is 3.18. The van der Waals surface area contributed by atoms with Crippen molar-refractivity contribution in [2.45, 2.75) is 19.1 Å². The smallest absolute Gasteiger partial charge is 0.129 e. The molecule has 0 saturated carbocycles. The van der Waals surface area contributed by atoms with Crippen LogP contribution in [0.15, 0.2) is 72.8 Å². The number of hydrogen-bond acceptors (Lipinski definition) is 2. The van der Waals surface area contributed by atoms with E-state index in [2.05, 4.69) is 9.55 Å². The molecule has 1 heterocycles. The van der Waals surface area contributed by atoms with E-state index in [4.69, 9.17) is 11.6 Å². The molecule has 1 atom stereocenters. The molecule has 1 N–H and O–H groups in total. The molecule has 3 nitrogen and oxygen atoms in total. The normalized spacial score (nSPS) is 12.4. The van der Waals surface area contributed by atoms with Crippen molar-refractivity contribution in [3.8, 4) is 0 Å². The minimum atomic E-state index is -0.966. The van der Waals surface area contributed by atoms with Crippen LogP contribution in [0.2, 0.25) is 5.02 Å². The summed E-state index contributed by atoms with van der Waals surface area (Å²) >= 11 is 5.98. The highest BCUT2D eigenvalue weighted by molar-refractivity contribution is 6.30. The number of aliphatic hydroxyl groups is 1. The Morgan fingerprint density at radius 1 is 0.963 bits per heavy atom. The maximum absolute atomic E-state index is 14.0. The van der Waals surface area contributed by atoms with Gasteiger partial charge in [-0.15, -0.1) is 0 Å². The fraction of sp³-hybridized carbons (Fsp3) is 0.136. The van der Waals surface area contributed by atoms with Crippen molar-refractivity contribution in [3.05, 3.63) is 101 Å². The van der Waals surface area contributed by atoms with Gasteiger partial charge in [0, 0.05) is 23.6 Å². The topological polar surface area (TPSA) is 38.1 Å². The molecular formula is C22H18ClFN2O. The Hall–Kier alpha value is -2.69. The molecule has 0 spiro atoms. The second-order valence-corrected chi connectivity index (χ2v) is 6.91. The van der Waals surface area contributed by atoms with E-state index in [1.807, 2.05) is 48.5 Å². The van der Waals surface area contributed by atoms with E-state index >= 15 is 0 Å². The SMILES string of the molecule is OC(Cc1nc2ccccc2n1Cc1ccc(Cl)cc1)c1ccccc1F. The van der Waals surface area contributed by atoms with E-state index in [1.165, 1.54) is 6.07 Å². The van der Waals surface area contributed by atoms with Crippen molar-refractivity contribution in [1.29, 1.82) is 0 Å². The summed E-state index contributed by atoms with van der Waals surface area (Å²) < 4.78 is 16.1. The van der Waals surface area contributed by atoms with Crippen LogP contribution in [-0.4, -0.2) is 14.7 Å². The molecule has 0 amide bonds. The van der Waals surface area contributed by atoms with Gasteiger partial charge in [0.05, 0.1) is 17.1 Å². The zero-order valence-corrected chi connectivity index (χ0v) is 15.3. The van der Waals surface area contributed by atoms with Crippen LogP contribution in [0.5, 0.6) is 0 Å². The Labute approximate surface area is 161 Å². The van der Waals surface area contributed by atoms with Crippen LogP contribution in [0.3, 0.4) is 0 Å². The number of para-hydroxylation sites is 2. The van der Waals surface area contributed by atoms with E-state index in [0.717, 1.165) is 16.6 Å². The van der Waals surface area contributed by atoms with Gasteiger partial charge in [0.15, 0.2) is 0 Å². The fourth-order valence-corrected chi connectivity index (χ4v) is 3.38. The van der Waals surface area contributed by atoms with Crippen molar-refractivity contribution in [2.24, 2.45) is 0 Å². The lowest BCUT2D eigenvalue weighted by molar-refractivity contribution is 0.170. The first-order chi connectivity index (χ1) is 13.1. The summed E-state index contributed by atoms with van der Waals surface area (Å²) in [5.74, 6) is 0.298. The van der Waals surface area contributed by atoms with Crippen molar-refractivity contribution < 1.29 is 9.50 Å². The van der Waals surface area contributed by atoms with Gasteiger partial charge in [0.1, 0.15) is 11.6 Å². The predicted octanol–water partition coefficient (Wildman–Crippen LogP) is 5.15. The van der Waals surface area contributed by atoms with Crippen molar-refractivity contribution in [1.82, 2.24) is 9.55 Å². The van der Waals surface area contributed by atoms with Crippen LogP contribution < -0.4 is 0 Å². The Bertz CT molecular complexity index is 1080. The molecule has 0 fully saturated rings. The zero-order valence-electron chi connectivity index (χ0n) is 14.5. The van der Waals surface area contributed by atoms with E-state index < -0.39 is 11.9 Å². The van der Waals surface area contributed by atoms with E-state index in [0.29, 0.717) is 17.4 Å². The summed E-state index contributed by atoms with van der Waals surface area (Å²) in [7, 11) is 0. The summed E-state index contributed by atoms with van der Waals surface area (Å²) in [5, 5.41) is 11.3. The summed E-state index contributed by atoms with van der Waals surface area (Å²) in [6, 6.07) is 21.7. The molecule has 0 saturated heterocycles. The highest BCUT2D eigenvalue weighted by Crippen LogP contribution is 2.25. The first-order valence-corrected chi connectivity index (χ1v) is 9.10. The van der Waals surface area contributed by atoms with Crippen LogP contribution in [0.4, 0.5) is 4.39 Å². The zero-order chi connectivity index (χ0) is 18.8. The number of nitrogens with zero attached hydrogens (tertiary/aromatic N) is 2. The van der Waals surface area contributed by atoms with Crippen molar-refractivity contribution in [3.63, 3.8) is 0 Å². The molecule has 27 heavy (non-hydrogen) atoms. The largest absolute Gasteiger partial charge is 0.388 e. The molecule has 136 valence electrons. The Morgan fingerprint density at radius 2 is 1.67 bits per heavy atom. The monoisotopic (exact) mass is 380 g/mol. The third kappa shape index (κ3) is 3.72. The number of imidazole rings is 1. The average molecular weight is 381 g/mol. The van der Waals surface area contributed by atoms with Gasteiger partial charge in [-0.3, -0.25) is 0 Å². The molecule has 3 aromatic carbocycles. The molecular weight excluding hydrogens is 363 g/mol. The van der Waals surface area contributed by atoms with Crippen LogP contribution >= 0.6 is 11.6 Å². The Kier molecular flexibility index (Phi) is 4.92. The summed E-state index contributed by atoms with van der Waals surface area (Å²) in [6.07, 6.45) is -0.740. The molecule has 0 aliphatic rings. The van der Waals surface area contributed by atoms with E-state index in [1.54, 1.807) is 18.2 Å². The molecule has 0 radical (unpaired) electrons. The number of aliphatic hydroxyl groups excluding tert-OH is 1. The number of aromatic nitrogens is 2. The molecule has 5 heteroatoms. The van der Waals surface area contributed by atoms with Gasteiger partial charge in [0.2, 0.25) is 0 Å². The molecule has 1 aromatic heterocycles. The van der Waals surface area contributed by atoms with Gasteiger partial charge >= 0.3 is 0 Å². The second-order valence-electron chi connectivity index (χ2n) is 6.47. The van der Waals surface area contributed by atoms with Gasteiger partial charge in [-0.1, -0.05) is 54.1 Å². The highest BCUT2D eigenvalue weighted by Gasteiger charge is 2.18. The molecule has 4 rings (SSSR count). The predicted molar refractivity (Wildman–Crippen MR) is 105 cm³/mol. The molecule has 4 aromatic rings. The van der Waals surface area contributed by atoms with Gasteiger partial charge in [0.25, 0.3) is 0 Å². The van der Waals surface area contributed by atoms with Crippen molar-refractivity contribution >= 4 is 22.6 Å². The summed E-state index contributed by atoms with van der Waals surface area (Å²) in [6.45, 7) is 0.594. The highest BCUT2D eigenvalue weighted by atomic mass is 35.5. The van der Waals surface area contributed by atoms with Crippen LogP contribution in [-0.2, 0) is 13.0 Å². The average Bonchev–Trinajstić information content (AvgIpc) is 3.01. The first-order valence-electron chi connectivity index (χ1n) is 8.73. The molecule has 1 unspecified atom stereocenters. The first kappa shape index (κ1) is 17.7. The number of hydrogen-bond donors (Lipinski definition) is 1. The number of halogens is 2. The lowest BCUT2D eigenvalue weighted by Gasteiger charge is -2.14. The molecule has 0 aliphatic heterocycles. The van der Waals surface area contributed by atoms with Gasteiger partial charge in [-0.2, -0.15) is 0 Å². The van der Waals surface area contributed by atoms with E-state index in [9.17, 15) is 9.50 Å². The van der Waals surface area contributed by atoms with Crippen LogP contribution in [0.25, 0.3) is 11.0 Å². The number of rotatable bonds is 5. The standard InChI is InChI=1S/C22H18ClFN2O/c23-16-11-9-15(10-12-16)14-26-20-8-4-3-7-19(20)25-22(26)13-21(27)17-5-1-2-6-18(17)24/h1-12,21,27H,13-14H2. The minimum absolute atomic E-state index is 0.225. The second kappa shape index (κ2) is 7.51. The number of fused-ring (bicyclic) bond motifs is 1. The third-order valence-corrected chi connectivity index (χ3v) is 4.88. The lowest BCUT2D eigenvalue weighted by atomic mass is 10.1.